The quantitative estimate of drug-likeness (QED) is 0.609. The van der Waals surface area contributed by atoms with Crippen molar-refractivity contribution in [1.29, 1.82) is 0 Å². The van der Waals surface area contributed by atoms with E-state index in [0.29, 0.717) is 30.4 Å². The molecule has 4 rings (SSSR count). The number of aromatic nitrogens is 4. The van der Waals surface area contributed by atoms with E-state index in [1.165, 1.54) is 4.31 Å². The van der Waals surface area contributed by atoms with E-state index in [9.17, 15) is 21.6 Å². The molecule has 3 heterocycles. The number of hydrogen-bond acceptors (Lipinski definition) is 7. The largest absolute Gasteiger partial charge is 0.573 e. The summed E-state index contributed by atoms with van der Waals surface area (Å²) in [5.74, 6) is 0.846. The second-order valence-corrected chi connectivity index (χ2v) is 8.56. The predicted octanol–water partition coefficient (Wildman–Crippen LogP) is 1.84. The van der Waals surface area contributed by atoms with Crippen LogP contribution in [0.1, 0.15) is 5.82 Å². The Morgan fingerprint density at radius 3 is 2.27 bits per heavy atom. The number of hydrogen-bond donors (Lipinski definition) is 0. The fourth-order valence-corrected chi connectivity index (χ4v) is 4.60. The van der Waals surface area contributed by atoms with Gasteiger partial charge in [0.25, 0.3) is 0 Å². The third kappa shape index (κ3) is 4.03. The van der Waals surface area contributed by atoms with Crippen LogP contribution in [0.2, 0.25) is 0 Å². The van der Waals surface area contributed by atoms with Gasteiger partial charge in [0, 0.05) is 26.2 Å². The van der Waals surface area contributed by atoms with Crippen molar-refractivity contribution in [2.45, 2.75) is 18.2 Å². The second kappa shape index (κ2) is 7.40. The van der Waals surface area contributed by atoms with Crippen LogP contribution in [0.15, 0.2) is 41.3 Å². The minimum Gasteiger partial charge on any atom is -0.406 e. The van der Waals surface area contributed by atoms with Gasteiger partial charge in [0.15, 0.2) is 11.5 Å². The smallest absolute Gasteiger partial charge is 0.406 e. The fourth-order valence-electron chi connectivity index (χ4n) is 3.18. The van der Waals surface area contributed by atoms with Crippen molar-refractivity contribution in [2.24, 2.45) is 0 Å². The fraction of sp³-hybridized carbons (Fsp3) is 0.353. The normalized spacial score (nSPS) is 16.2. The number of rotatable bonds is 4. The van der Waals surface area contributed by atoms with Gasteiger partial charge in [-0.15, -0.1) is 28.5 Å². The Balaban J connectivity index is 1.45. The lowest BCUT2D eigenvalue weighted by atomic mass is 10.3. The average molecular weight is 442 g/mol. The van der Waals surface area contributed by atoms with Crippen molar-refractivity contribution >= 4 is 21.5 Å². The standard InChI is InChI=1S/C17H17F3N6O3S/c1-12-21-22-15-6-7-16(23-26(12)15)24-8-10-25(11-9-24)30(27,28)14-4-2-13(3-5-14)29-17(18,19)20/h2-7H,8-11H2,1H3. The first-order valence-electron chi connectivity index (χ1n) is 8.93. The van der Waals surface area contributed by atoms with Crippen LogP contribution in [0, 0.1) is 6.92 Å². The molecule has 30 heavy (non-hydrogen) atoms. The summed E-state index contributed by atoms with van der Waals surface area (Å²) < 4.78 is 69.1. The number of benzene rings is 1. The van der Waals surface area contributed by atoms with E-state index in [-0.39, 0.29) is 18.0 Å². The summed E-state index contributed by atoms with van der Waals surface area (Å²) in [6.45, 7) is 3.03. The molecule has 0 radical (unpaired) electrons. The molecule has 1 aromatic carbocycles. The van der Waals surface area contributed by atoms with Crippen LogP contribution in [0.5, 0.6) is 5.75 Å². The van der Waals surface area contributed by atoms with Crippen molar-refractivity contribution < 1.29 is 26.3 Å². The zero-order chi connectivity index (χ0) is 21.5. The summed E-state index contributed by atoms with van der Waals surface area (Å²) >= 11 is 0. The second-order valence-electron chi connectivity index (χ2n) is 6.62. The highest BCUT2D eigenvalue weighted by atomic mass is 32.2. The van der Waals surface area contributed by atoms with E-state index >= 15 is 0 Å². The lowest BCUT2D eigenvalue weighted by Gasteiger charge is -2.34. The van der Waals surface area contributed by atoms with E-state index in [0.717, 1.165) is 24.3 Å². The Morgan fingerprint density at radius 2 is 1.63 bits per heavy atom. The van der Waals surface area contributed by atoms with E-state index < -0.39 is 22.1 Å². The van der Waals surface area contributed by atoms with Gasteiger partial charge in [0.05, 0.1) is 4.90 Å². The molecule has 0 aliphatic carbocycles. The van der Waals surface area contributed by atoms with Gasteiger partial charge in [-0.1, -0.05) is 0 Å². The summed E-state index contributed by atoms with van der Waals surface area (Å²) in [5, 5.41) is 12.4. The molecule has 3 aromatic rings. The average Bonchev–Trinajstić information content (AvgIpc) is 3.08. The summed E-state index contributed by atoms with van der Waals surface area (Å²) in [7, 11) is -3.84. The molecule has 0 saturated carbocycles. The van der Waals surface area contributed by atoms with Gasteiger partial charge >= 0.3 is 6.36 Å². The van der Waals surface area contributed by atoms with Crippen LogP contribution in [0.25, 0.3) is 5.65 Å². The third-order valence-electron chi connectivity index (χ3n) is 4.66. The number of halogens is 3. The van der Waals surface area contributed by atoms with Gasteiger partial charge in [-0.25, -0.2) is 8.42 Å². The molecule has 13 heteroatoms. The number of aryl methyl sites for hydroxylation is 1. The third-order valence-corrected chi connectivity index (χ3v) is 6.58. The molecular formula is C17H17F3N6O3S. The minimum absolute atomic E-state index is 0.0925. The highest BCUT2D eigenvalue weighted by Gasteiger charge is 2.32. The maximum atomic E-state index is 12.8. The molecule has 0 N–H and O–H groups in total. The molecule has 0 spiro atoms. The van der Waals surface area contributed by atoms with E-state index in [2.05, 4.69) is 20.0 Å². The molecule has 0 atom stereocenters. The van der Waals surface area contributed by atoms with Gasteiger partial charge in [-0.2, -0.15) is 8.82 Å². The molecule has 9 nitrogen and oxygen atoms in total. The molecule has 0 amide bonds. The van der Waals surface area contributed by atoms with Crippen LogP contribution >= 0.6 is 0 Å². The Labute approximate surface area is 169 Å². The van der Waals surface area contributed by atoms with Gasteiger partial charge in [0.1, 0.15) is 11.6 Å². The molecule has 1 aliphatic rings. The van der Waals surface area contributed by atoms with Crippen LogP contribution in [-0.4, -0.2) is 65.1 Å². The molecule has 0 bridgehead atoms. The van der Waals surface area contributed by atoms with Crippen LogP contribution in [-0.2, 0) is 10.0 Å². The van der Waals surface area contributed by atoms with Crippen molar-refractivity contribution in [2.75, 3.05) is 31.1 Å². The highest BCUT2D eigenvalue weighted by molar-refractivity contribution is 7.89. The molecule has 2 aromatic heterocycles. The lowest BCUT2D eigenvalue weighted by Crippen LogP contribution is -2.49. The van der Waals surface area contributed by atoms with Crippen LogP contribution in [0.3, 0.4) is 0 Å². The topological polar surface area (TPSA) is 92.9 Å². The zero-order valence-electron chi connectivity index (χ0n) is 15.7. The summed E-state index contributed by atoms with van der Waals surface area (Å²) in [5.41, 5.74) is 0.621. The number of piperazine rings is 1. The van der Waals surface area contributed by atoms with Gasteiger partial charge in [0.2, 0.25) is 10.0 Å². The molecule has 1 fully saturated rings. The lowest BCUT2D eigenvalue weighted by molar-refractivity contribution is -0.274. The maximum absolute atomic E-state index is 12.8. The van der Waals surface area contributed by atoms with Gasteiger partial charge < -0.3 is 9.64 Å². The first-order chi connectivity index (χ1) is 14.1. The SMILES string of the molecule is Cc1nnc2ccc(N3CCN(S(=O)(=O)c4ccc(OC(F)(F)F)cc4)CC3)nn12. The number of ether oxygens (including phenoxy) is 1. The van der Waals surface area contributed by atoms with E-state index in [1.807, 2.05) is 4.90 Å². The predicted molar refractivity (Wildman–Crippen MR) is 99.6 cm³/mol. The molecule has 0 unspecified atom stereocenters. The summed E-state index contributed by atoms with van der Waals surface area (Å²) in [6, 6.07) is 7.76. The van der Waals surface area contributed by atoms with Gasteiger partial charge in [-0.05, 0) is 43.3 Å². The summed E-state index contributed by atoms with van der Waals surface area (Å²) in [6.07, 6.45) is -4.83. The highest BCUT2D eigenvalue weighted by Crippen LogP contribution is 2.26. The van der Waals surface area contributed by atoms with Crippen molar-refractivity contribution in [3.63, 3.8) is 0 Å². The number of anilines is 1. The van der Waals surface area contributed by atoms with Crippen LogP contribution in [0.4, 0.5) is 19.0 Å². The molecule has 160 valence electrons. The van der Waals surface area contributed by atoms with Crippen molar-refractivity contribution in [3.05, 3.63) is 42.2 Å². The number of fused-ring (bicyclic) bond motifs is 1. The number of sulfonamides is 1. The first kappa shape index (κ1) is 20.3. The summed E-state index contributed by atoms with van der Waals surface area (Å²) in [4.78, 5) is 1.86. The Hall–Kier alpha value is -2.93. The van der Waals surface area contributed by atoms with E-state index in [4.69, 9.17) is 0 Å². The Kier molecular flexibility index (Phi) is 5.02. The van der Waals surface area contributed by atoms with Gasteiger partial charge in [-0.3, -0.25) is 0 Å². The monoisotopic (exact) mass is 442 g/mol. The number of nitrogens with zero attached hydrogens (tertiary/aromatic N) is 6. The minimum atomic E-state index is -4.83. The molecule has 1 saturated heterocycles. The maximum Gasteiger partial charge on any atom is 0.573 e. The van der Waals surface area contributed by atoms with Crippen molar-refractivity contribution in [3.8, 4) is 5.75 Å². The first-order valence-corrected chi connectivity index (χ1v) is 10.4. The number of alkyl halides is 3. The Morgan fingerprint density at radius 1 is 0.967 bits per heavy atom. The van der Waals surface area contributed by atoms with Crippen molar-refractivity contribution in [1.82, 2.24) is 24.1 Å². The zero-order valence-corrected chi connectivity index (χ0v) is 16.6. The Bertz CT molecular complexity index is 1160. The molecule has 1 aliphatic heterocycles. The van der Waals surface area contributed by atoms with E-state index in [1.54, 1.807) is 23.6 Å². The van der Waals surface area contributed by atoms with Crippen LogP contribution < -0.4 is 9.64 Å². The molecular weight excluding hydrogens is 425 g/mol.